The monoisotopic (exact) mass is 268 g/mol. The van der Waals surface area contributed by atoms with Gasteiger partial charge in [-0.2, -0.15) is 4.91 Å². The van der Waals surface area contributed by atoms with Gasteiger partial charge in [-0.1, -0.05) is 0 Å². The quantitative estimate of drug-likeness (QED) is 0.442. The van der Waals surface area contributed by atoms with E-state index in [1.807, 2.05) is 0 Å². The van der Waals surface area contributed by atoms with Crippen molar-refractivity contribution in [2.24, 2.45) is 11.0 Å². The molecule has 9 nitrogen and oxygen atoms in total. The summed E-state index contributed by atoms with van der Waals surface area (Å²) in [5, 5.41) is 13.2. The van der Waals surface area contributed by atoms with Crippen molar-refractivity contribution in [2.75, 3.05) is 13.2 Å². The third-order valence-corrected chi connectivity index (χ3v) is 3.27. The first-order valence-electron chi connectivity index (χ1n) is 5.95. The van der Waals surface area contributed by atoms with Crippen molar-refractivity contribution in [3.8, 4) is 0 Å². The zero-order valence-corrected chi connectivity index (χ0v) is 10.6. The Morgan fingerprint density at radius 1 is 1.63 bits per heavy atom. The zero-order chi connectivity index (χ0) is 14.0. The van der Waals surface area contributed by atoms with Crippen molar-refractivity contribution < 1.29 is 14.6 Å². The van der Waals surface area contributed by atoms with Gasteiger partial charge in [-0.25, -0.2) is 4.79 Å². The van der Waals surface area contributed by atoms with Crippen LogP contribution in [0.15, 0.2) is 16.6 Å². The molecule has 9 heteroatoms. The van der Waals surface area contributed by atoms with Crippen LogP contribution in [-0.2, 0) is 4.74 Å². The van der Waals surface area contributed by atoms with E-state index >= 15 is 0 Å². The van der Waals surface area contributed by atoms with Gasteiger partial charge >= 0.3 is 6.03 Å². The van der Waals surface area contributed by atoms with Crippen LogP contribution in [0, 0.1) is 0 Å². The molecular weight excluding hydrogens is 252 g/mol. The second kappa shape index (κ2) is 5.35. The summed E-state index contributed by atoms with van der Waals surface area (Å²) in [6.07, 6.45) is 0.636. The van der Waals surface area contributed by atoms with E-state index in [1.54, 1.807) is 6.92 Å². The predicted molar refractivity (Wildman–Crippen MR) is 65.0 cm³/mol. The lowest BCUT2D eigenvalue weighted by molar-refractivity contribution is -0.0538. The Labute approximate surface area is 109 Å². The van der Waals surface area contributed by atoms with Gasteiger partial charge < -0.3 is 15.6 Å². The van der Waals surface area contributed by atoms with Gasteiger partial charge in [-0.15, -0.1) is 10.5 Å². The third-order valence-electron chi connectivity index (χ3n) is 3.27. The highest BCUT2D eigenvalue weighted by atomic mass is 16.5. The molecule has 2 rings (SSSR count). The maximum absolute atomic E-state index is 12.2. The lowest BCUT2D eigenvalue weighted by Crippen LogP contribution is -2.51. The normalized spacial score (nSPS) is 27.8. The number of aliphatic hydroxyl groups is 1. The van der Waals surface area contributed by atoms with E-state index in [-0.39, 0.29) is 18.5 Å². The van der Waals surface area contributed by atoms with Crippen LogP contribution in [0.4, 0.5) is 4.79 Å². The van der Waals surface area contributed by atoms with Gasteiger partial charge in [0.2, 0.25) is 5.82 Å². The molecule has 0 radical (unpaired) electrons. The van der Waals surface area contributed by atoms with Gasteiger partial charge in [-0.05, 0) is 25.0 Å². The van der Waals surface area contributed by atoms with Gasteiger partial charge in [-0.3, -0.25) is 4.90 Å². The predicted octanol–water partition coefficient (Wildman–Crippen LogP) is 0.637. The second-order valence-electron chi connectivity index (χ2n) is 4.54. The average molecular weight is 268 g/mol. The number of nitrogens with zero attached hydrogens (tertiary/aromatic N) is 5. The molecule has 2 amide bonds. The van der Waals surface area contributed by atoms with Crippen LogP contribution in [-0.4, -0.2) is 46.5 Å². The molecule has 3 N–H and O–H groups in total. The number of ether oxygens (including phenoxy) is 1. The minimum absolute atomic E-state index is 0.0739. The van der Waals surface area contributed by atoms with Crippen molar-refractivity contribution in [1.82, 2.24) is 9.91 Å². The summed E-state index contributed by atoms with van der Waals surface area (Å²) in [5.41, 5.74) is 14.9. The summed E-state index contributed by atoms with van der Waals surface area (Å²) in [7, 11) is 0. The van der Waals surface area contributed by atoms with Gasteiger partial charge in [0.15, 0.2) is 0 Å². The standard InChI is InChI=1S/C10H16N6O3/c1-6-4-15(8-3-2-7(5-17)19-8)10(18)16(9(6)11)14-13-12/h7-8,17H,2-5,11H2,1H3/t7-,8+/m0/s1. The van der Waals surface area contributed by atoms with Crippen LogP contribution in [0.1, 0.15) is 19.8 Å². The Bertz CT molecular complexity index is 458. The Morgan fingerprint density at radius 3 is 2.95 bits per heavy atom. The number of rotatable bonds is 3. The van der Waals surface area contributed by atoms with Crippen LogP contribution in [0.3, 0.4) is 0 Å². The summed E-state index contributed by atoms with van der Waals surface area (Å²) >= 11 is 0. The van der Waals surface area contributed by atoms with E-state index in [4.69, 9.17) is 21.1 Å². The minimum Gasteiger partial charge on any atom is -0.394 e. The molecule has 0 saturated carbocycles. The van der Waals surface area contributed by atoms with Crippen molar-refractivity contribution >= 4 is 6.03 Å². The molecule has 19 heavy (non-hydrogen) atoms. The molecule has 0 aliphatic carbocycles. The van der Waals surface area contributed by atoms with Crippen LogP contribution in [0.25, 0.3) is 10.4 Å². The Hall–Kier alpha value is -1.96. The number of hydrogen-bond donors (Lipinski definition) is 2. The minimum atomic E-state index is -0.510. The van der Waals surface area contributed by atoms with E-state index in [0.717, 1.165) is 10.6 Å². The fourth-order valence-corrected chi connectivity index (χ4v) is 2.21. The molecule has 2 aliphatic heterocycles. The van der Waals surface area contributed by atoms with E-state index in [2.05, 4.69) is 10.1 Å². The smallest absolute Gasteiger partial charge is 0.394 e. The maximum atomic E-state index is 12.2. The highest BCUT2D eigenvalue weighted by molar-refractivity contribution is 5.78. The molecule has 0 aromatic rings. The van der Waals surface area contributed by atoms with Crippen LogP contribution in [0.5, 0.6) is 0 Å². The number of nitrogens with two attached hydrogens (primary N) is 1. The lowest BCUT2D eigenvalue weighted by atomic mass is 10.2. The maximum Gasteiger partial charge on any atom is 0.423 e. The van der Waals surface area contributed by atoms with Gasteiger partial charge in [0, 0.05) is 5.57 Å². The summed E-state index contributed by atoms with van der Waals surface area (Å²) < 4.78 is 5.56. The van der Waals surface area contributed by atoms with Gasteiger partial charge in [0.1, 0.15) is 6.23 Å². The van der Waals surface area contributed by atoms with Crippen molar-refractivity contribution in [3.05, 3.63) is 21.8 Å². The van der Waals surface area contributed by atoms with E-state index in [0.29, 0.717) is 19.4 Å². The summed E-state index contributed by atoms with van der Waals surface area (Å²) in [6, 6.07) is -0.510. The zero-order valence-electron chi connectivity index (χ0n) is 10.6. The molecule has 0 aromatic carbocycles. The largest absolute Gasteiger partial charge is 0.423 e. The number of carbonyl (C=O) groups is 1. The molecule has 0 spiro atoms. The molecule has 0 aromatic heterocycles. The number of hydrogen-bond acceptors (Lipinski definition) is 5. The number of amides is 2. The van der Waals surface area contributed by atoms with Crippen molar-refractivity contribution in [1.29, 1.82) is 0 Å². The fourth-order valence-electron chi connectivity index (χ4n) is 2.21. The first kappa shape index (κ1) is 13.5. The van der Waals surface area contributed by atoms with Crippen LogP contribution >= 0.6 is 0 Å². The fraction of sp³-hybridized carbons (Fsp3) is 0.700. The van der Waals surface area contributed by atoms with Gasteiger partial charge in [0.05, 0.1) is 19.3 Å². The van der Waals surface area contributed by atoms with E-state index < -0.39 is 12.3 Å². The second-order valence-corrected chi connectivity index (χ2v) is 4.54. The summed E-state index contributed by atoms with van der Waals surface area (Å²) in [5.74, 6) is 0.149. The number of azide groups is 1. The first-order chi connectivity index (χ1) is 9.08. The van der Waals surface area contributed by atoms with Crippen LogP contribution < -0.4 is 5.73 Å². The molecule has 104 valence electrons. The molecule has 2 heterocycles. The van der Waals surface area contributed by atoms with Crippen molar-refractivity contribution in [2.45, 2.75) is 32.1 Å². The average Bonchev–Trinajstić information content (AvgIpc) is 2.87. The highest BCUT2D eigenvalue weighted by Crippen LogP contribution is 2.27. The number of carbonyl (C=O) groups excluding carboxylic acids is 1. The Kier molecular flexibility index (Phi) is 3.79. The Balaban J connectivity index is 2.20. The van der Waals surface area contributed by atoms with Crippen molar-refractivity contribution in [3.63, 3.8) is 0 Å². The molecule has 2 atom stereocenters. The number of urea groups is 1. The molecule has 1 fully saturated rings. The molecule has 1 saturated heterocycles. The molecule has 0 bridgehead atoms. The summed E-state index contributed by atoms with van der Waals surface area (Å²) in [6.45, 7) is 2.01. The highest BCUT2D eigenvalue weighted by Gasteiger charge is 2.41. The Morgan fingerprint density at radius 2 is 2.37 bits per heavy atom. The number of aliphatic hydroxyl groups excluding tert-OH is 1. The third kappa shape index (κ3) is 2.43. The molecule has 2 aliphatic rings. The lowest BCUT2D eigenvalue weighted by Gasteiger charge is -2.33. The topological polar surface area (TPSA) is 128 Å². The van der Waals surface area contributed by atoms with Gasteiger partial charge in [0.25, 0.3) is 0 Å². The SMILES string of the molecule is CC1=C(N)N(N=[N+]=[N-])C(=O)N([C@H]2CC[C@@H](CO)O2)C1. The summed E-state index contributed by atoms with van der Waals surface area (Å²) in [4.78, 5) is 16.2. The molecular formula is C10H16N6O3. The molecule has 0 unspecified atom stereocenters. The van der Waals surface area contributed by atoms with E-state index in [1.165, 1.54) is 4.90 Å². The first-order valence-corrected chi connectivity index (χ1v) is 5.95. The van der Waals surface area contributed by atoms with Crippen LogP contribution in [0.2, 0.25) is 0 Å². The van der Waals surface area contributed by atoms with E-state index in [9.17, 15) is 4.79 Å².